The summed E-state index contributed by atoms with van der Waals surface area (Å²) in [5.74, 6) is -0.699. The van der Waals surface area contributed by atoms with Crippen LogP contribution < -0.4 is 5.73 Å². The molecule has 0 radical (unpaired) electrons. The summed E-state index contributed by atoms with van der Waals surface area (Å²) in [5.41, 5.74) is 4.84. The van der Waals surface area contributed by atoms with Crippen molar-refractivity contribution < 1.29 is 23.7 Å². The van der Waals surface area contributed by atoms with Gasteiger partial charge in [-0.1, -0.05) is 6.07 Å². The van der Waals surface area contributed by atoms with Crippen molar-refractivity contribution in [1.82, 2.24) is 4.98 Å². The summed E-state index contributed by atoms with van der Waals surface area (Å²) in [7, 11) is 2.99. The van der Waals surface area contributed by atoms with Gasteiger partial charge in [0, 0.05) is 14.2 Å². The van der Waals surface area contributed by atoms with Gasteiger partial charge in [-0.05, 0) is 28.1 Å². The third kappa shape index (κ3) is 5.66. The molecule has 1 atom stereocenters. The van der Waals surface area contributed by atoms with Crippen LogP contribution in [0.15, 0.2) is 22.8 Å². The zero-order valence-corrected chi connectivity index (χ0v) is 15.3. The van der Waals surface area contributed by atoms with Crippen molar-refractivity contribution in [3.8, 4) is 0 Å². The van der Waals surface area contributed by atoms with Gasteiger partial charge < -0.3 is 24.7 Å². The van der Waals surface area contributed by atoms with Crippen LogP contribution in [0, 0.1) is 0 Å². The largest absolute Gasteiger partial charge is 0.368 e. The van der Waals surface area contributed by atoms with E-state index in [0.29, 0.717) is 10.3 Å². The van der Waals surface area contributed by atoms with E-state index in [0.717, 1.165) is 0 Å². The fraction of sp³-hybridized carbons (Fsp3) is 0.571. The molecule has 0 aliphatic heterocycles. The fourth-order valence-electron chi connectivity index (χ4n) is 2.04. The minimum Gasteiger partial charge on any atom is -0.368 e. The Bertz CT molecular complexity index is 496. The van der Waals surface area contributed by atoms with Gasteiger partial charge >= 0.3 is 0 Å². The second-order valence-electron chi connectivity index (χ2n) is 4.78. The molecule has 1 amide bonds. The number of nitrogens with two attached hydrogens (primary N) is 1. The molecule has 2 N–H and O–H groups in total. The van der Waals surface area contributed by atoms with Gasteiger partial charge in [0.15, 0.2) is 0 Å². The van der Waals surface area contributed by atoms with Crippen LogP contribution in [0.2, 0.25) is 0 Å². The van der Waals surface area contributed by atoms with Crippen molar-refractivity contribution in [1.29, 1.82) is 0 Å². The van der Waals surface area contributed by atoms with Crippen LogP contribution in [0.5, 0.6) is 0 Å². The van der Waals surface area contributed by atoms with Gasteiger partial charge in [-0.3, -0.25) is 4.79 Å². The van der Waals surface area contributed by atoms with E-state index >= 15 is 0 Å². The Hall–Kier alpha value is -0.770. The van der Waals surface area contributed by atoms with Crippen LogP contribution in [0.4, 0.5) is 0 Å². The lowest BCUT2D eigenvalue weighted by Gasteiger charge is -2.35. The first kappa shape index (κ1) is 20.3. The van der Waals surface area contributed by atoms with Crippen molar-refractivity contribution >= 4 is 33.4 Å². The van der Waals surface area contributed by atoms with E-state index in [4.69, 9.17) is 36.3 Å². The number of aromatic nitrogens is 1. The molecule has 0 saturated carbocycles. The van der Waals surface area contributed by atoms with Crippen LogP contribution in [0.3, 0.4) is 0 Å². The molecule has 23 heavy (non-hydrogen) atoms. The zero-order chi connectivity index (χ0) is 17.3. The number of methoxy groups -OCH3 is 2. The van der Waals surface area contributed by atoms with E-state index in [9.17, 15) is 4.79 Å². The van der Waals surface area contributed by atoms with Crippen LogP contribution in [0.25, 0.3) is 0 Å². The van der Waals surface area contributed by atoms with Gasteiger partial charge in [0.2, 0.25) is 5.91 Å². The minimum absolute atomic E-state index is 0.0302. The average Bonchev–Trinajstić information content (AvgIpc) is 2.53. The lowest BCUT2D eigenvalue weighted by atomic mass is 9.81. The summed E-state index contributed by atoms with van der Waals surface area (Å²) in [4.78, 5) is 16.1. The van der Waals surface area contributed by atoms with E-state index < -0.39 is 16.7 Å². The molecule has 0 spiro atoms. The molecule has 0 aliphatic carbocycles. The quantitative estimate of drug-likeness (QED) is 0.256. The Balaban J connectivity index is 3.22. The fourth-order valence-corrected chi connectivity index (χ4v) is 2.62. The highest BCUT2D eigenvalue weighted by atomic mass is 79.9. The first-order chi connectivity index (χ1) is 11.0. The molecule has 0 fully saturated rings. The van der Waals surface area contributed by atoms with Gasteiger partial charge in [-0.15, -0.1) is 11.6 Å². The Kier molecular flexibility index (Phi) is 8.96. The third-order valence-electron chi connectivity index (χ3n) is 3.08. The van der Waals surface area contributed by atoms with Gasteiger partial charge in [-0.25, -0.2) is 4.98 Å². The SMILES string of the molecule is COCOCC(COCOC)(c1cccc(Br)n1)C(Cl)C(N)=O. The van der Waals surface area contributed by atoms with Crippen LogP contribution in [-0.4, -0.2) is 57.3 Å². The summed E-state index contributed by atoms with van der Waals surface area (Å²) >= 11 is 9.61. The minimum atomic E-state index is -1.10. The molecule has 7 nitrogen and oxygen atoms in total. The van der Waals surface area contributed by atoms with E-state index in [2.05, 4.69) is 20.9 Å². The Morgan fingerprint density at radius 1 is 1.30 bits per heavy atom. The molecule has 9 heteroatoms. The van der Waals surface area contributed by atoms with E-state index in [1.165, 1.54) is 14.2 Å². The van der Waals surface area contributed by atoms with Crippen LogP contribution in [-0.2, 0) is 29.2 Å². The summed E-state index contributed by atoms with van der Waals surface area (Å²) in [6.07, 6.45) is 0. The maximum absolute atomic E-state index is 11.7. The predicted molar refractivity (Wildman–Crippen MR) is 88.1 cm³/mol. The topological polar surface area (TPSA) is 92.9 Å². The number of pyridine rings is 1. The summed E-state index contributed by atoms with van der Waals surface area (Å²) in [6.45, 7) is 0.126. The first-order valence-corrected chi connectivity index (χ1v) is 7.90. The first-order valence-electron chi connectivity index (χ1n) is 6.67. The van der Waals surface area contributed by atoms with Crippen molar-refractivity contribution in [2.75, 3.05) is 41.0 Å². The molecule has 1 heterocycles. The lowest BCUT2D eigenvalue weighted by molar-refractivity contribution is -0.124. The lowest BCUT2D eigenvalue weighted by Crippen LogP contribution is -2.51. The van der Waals surface area contributed by atoms with E-state index in [1.54, 1.807) is 18.2 Å². The highest BCUT2D eigenvalue weighted by Crippen LogP contribution is 2.32. The molecular formula is C14H20BrClN2O5. The molecule has 1 unspecified atom stereocenters. The number of halogens is 2. The number of nitrogens with zero attached hydrogens (tertiary/aromatic N) is 1. The number of alkyl halides is 1. The number of ether oxygens (including phenoxy) is 4. The van der Waals surface area contributed by atoms with Crippen LogP contribution in [0.1, 0.15) is 5.69 Å². The molecule has 0 saturated heterocycles. The van der Waals surface area contributed by atoms with Crippen molar-refractivity contribution in [3.63, 3.8) is 0 Å². The van der Waals surface area contributed by atoms with Gasteiger partial charge in [0.25, 0.3) is 0 Å². The van der Waals surface area contributed by atoms with Gasteiger partial charge in [-0.2, -0.15) is 0 Å². The van der Waals surface area contributed by atoms with Crippen molar-refractivity contribution in [2.45, 2.75) is 10.8 Å². The molecule has 1 aromatic heterocycles. The van der Waals surface area contributed by atoms with Gasteiger partial charge in [0.1, 0.15) is 23.6 Å². The average molecular weight is 412 g/mol. The number of primary amides is 1. The molecule has 130 valence electrons. The molecule has 1 rings (SSSR count). The Labute approximate surface area is 148 Å². The standard InChI is InChI=1S/C14H20BrClN2O5/c1-20-8-22-6-14(7-23-9-21-2,12(16)13(17)19)10-4-3-5-11(15)18-10/h3-5,12H,6-9H2,1-2H3,(H2,17,19). The maximum atomic E-state index is 11.7. The molecule has 1 aromatic rings. The van der Waals surface area contributed by atoms with Crippen molar-refractivity contribution in [2.24, 2.45) is 5.73 Å². The highest BCUT2D eigenvalue weighted by molar-refractivity contribution is 9.10. The highest BCUT2D eigenvalue weighted by Gasteiger charge is 2.45. The molecule has 0 aromatic carbocycles. The number of hydrogen-bond donors (Lipinski definition) is 1. The monoisotopic (exact) mass is 410 g/mol. The van der Waals surface area contributed by atoms with E-state index in [-0.39, 0.29) is 26.8 Å². The van der Waals surface area contributed by atoms with Gasteiger partial charge in [0.05, 0.1) is 24.3 Å². The number of hydrogen-bond acceptors (Lipinski definition) is 6. The summed E-state index contributed by atoms with van der Waals surface area (Å²) < 4.78 is 21.3. The Morgan fingerprint density at radius 2 is 1.87 bits per heavy atom. The number of carbonyl (C=O) groups excluding carboxylic acids is 1. The summed E-state index contributed by atoms with van der Waals surface area (Å²) in [5, 5.41) is -1.10. The number of rotatable bonds is 11. The molecule has 0 bridgehead atoms. The van der Waals surface area contributed by atoms with E-state index in [1.807, 2.05) is 0 Å². The second-order valence-corrected chi connectivity index (χ2v) is 6.03. The summed E-state index contributed by atoms with van der Waals surface area (Å²) in [6, 6.07) is 5.27. The maximum Gasteiger partial charge on any atom is 0.236 e. The second kappa shape index (κ2) is 10.2. The predicted octanol–water partition coefficient (Wildman–Crippen LogP) is 1.42. The third-order valence-corrected chi connectivity index (χ3v) is 4.16. The van der Waals surface area contributed by atoms with Crippen molar-refractivity contribution in [3.05, 3.63) is 28.5 Å². The molecule has 0 aliphatic rings. The number of amides is 1. The Morgan fingerprint density at radius 3 is 2.30 bits per heavy atom. The zero-order valence-electron chi connectivity index (χ0n) is 13.0. The normalized spacial score (nSPS) is 13.0. The molecular weight excluding hydrogens is 392 g/mol. The number of carbonyl (C=O) groups is 1. The van der Waals surface area contributed by atoms with Crippen LogP contribution >= 0.6 is 27.5 Å². The smallest absolute Gasteiger partial charge is 0.236 e.